The van der Waals surface area contributed by atoms with Crippen molar-refractivity contribution >= 4 is 11.6 Å². The molecule has 1 rings (SSSR count). The number of ketones is 2. The number of rotatable bonds is 14. The van der Waals surface area contributed by atoms with Crippen molar-refractivity contribution in [2.24, 2.45) is 0 Å². The van der Waals surface area contributed by atoms with Crippen molar-refractivity contribution in [2.45, 2.75) is 90.9 Å². The lowest BCUT2D eigenvalue weighted by Gasteiger charge is -2.06. The van der Waals surface area contributed by atoms with E-state index in [0.717, 1.165) is 12.8 Å². The molecule has 0 unspecified atom stereocenters. The summed E-state index contributed by atoms with van der Waals surface area (Å²) in [4.78, 5) is 23.9. The molecule has 0 amide bonds. The first-order chi connectivity index (χ1) is 11.7. The fourth-order valence-corrected chi connectivity index (χ4v) is 3.12. The first kappa shape index (κ1) is 20.6. The Hall–Kier alpha value is -1.44. The van der Waals surface area contributed by atoms with Crippen LogP contribution in [0, 0.1) is 0 Å². The molecular formula is C22H34O2. The van der Waals surface area contributed by atoms with E-state index >= 15 is 0 Å². The summed E-state index contributed by atoms with van der Waals surface area (Å²) in [5.74, 6) is 0.0783. The topological polar surface area (TPSA) is 34.1 Å². The molecule has 1 aromatic carbocycles. The van der Waals surface area contributed by atoms with Crippen LogP contribution in [0.15, 0.2) is 24.3 Å². The highest BCUT2D eigenvalue weighted by Gasteiger charge is 2.13. The molecular weight excluding hydrogens is 296 g/mol. The van der Waals surface area contributed by atoms with Gasteiger partial charge in [0.05, 0.1) is 0 Å². The van der Waals surface area contributed by atoms with Crippen LogP contribution in [0.1, 0.15) is 112 Å². The maximum atomic E-state index is 12.3. The normalized spacial score (nSPS) is 10.8. The fraction of sp³-hybridized carbons (Fsp3) is 0.636. The van der Waals surface area contributed by atoms with E-state index in [1.165, 1.54) is 64.7 Å². The molecule has 24 heavy (non-hydrogen) atoms. The lowest BCUT2D eigenvalue weighted by Crippen LogP contribution is -2.06. The number of hydrogen-bond donors (Lipinski definition) is 0. The van der Waals surface area contributed by atoms with Crippen LogP contribution in [0.5, 0.6) is 0 Å². The average Bonchev–Trinajstić information content (AvgIpc) is 2.59. The highest BCUT2D eigenvalue weighted by molar-refractivity contribution is 6.07. The second-order valence-corrected chi connectivity index (χ2v) is 6.81. The monoisotopic (exact) mass is 330 g/mol. The molecule has 0 saturated heterocycles. The van der Waals surface area contributed by atoms with E-state index in [9.17, 15) is 9.59 Å². The molecule has 1 aromatic rings. The first-order valence-electron chi connectivity index (χ1n) is 9.80. The van der Waals surface area contributed by atoms with E-state index in [1.807, 2.05) is 12.1 Å². The van der Waals surface area contributed by atoms with Crippen LogP contribution in [0.25, 0.3) is 0 Å². The third kappa shape index (κ3) is 8.42. The van der Waals surface area contributed by atoms with E-state index < -0.39 is 0 Å². The molecule has 0 atom stereocenters. The quantitative estimate of drug-likeness (QED) is 0.278. The Morgan fingerprint density at radius 3 is 1.67 bits per heavy atom. The zero-order valence-corrected chi connectivity index (χ0v) is 15.6. The summed E-state index contributed by atoms with van der Waals surface area (Å²) in [6.45, 7) is 3.78. The van der Waals surface area contributed by atoms with Crippen molar-refractivity contribution in [2.75, 3.05) is 0 Å². The van der Waals surface area contributed by atoms with Gasteiger partial charge in [0.2, 0.25) is 0 Å². The molecule has 0 fully saturated rings. The molecule has 0 aromatic heterocycles. The molecule has 134 valence electrons. The van der Waals surface area contributed by atoms with Crippen LogP contribution in [0.2, 0.25) is 0 Å². The maximum absolute atomic E-state index is 12.3. The second kappa shape index (κ2) is 12.9. The molecule has 2 nitrogen and oxygen atoms in total. The van der Waals surface area contributed by atoms with Gasteiger partial charge in [0.25, 0.3) is 0 Å². The minimum atomic E-state index is -0.0297. The Balaban J connectivity index is 2.09. The van der Waals surface area contributed by atoms with Crippen molar-refractivity contribution in [3.8, 4) is 0 Å². The largest absolute Gasteiger partial charge is 0.294 e. The van der Waals surface area contributed by atoms with Gasteiger partial charge in [-0.05, 0) is 13.3 Å². The molecule has 0 aliphatic carbocycles. The molecule has 0 radical (unpaired) electrons. The molecule has 0 aliphatic rings. The number of unbranched alkanes of at least 4 members (excludes halogenated alkanes) is 10. The van der Waals surface area contributed by atoms with Crippen molar-refractivity contribution in [3.63, 3.8) is 0 Å². The number of carbonyl (C=O) groups excluding carboxylic acids is 2. The second-order valence-electron chi connectivity index (χ2n) is 6.81. The SMILES string of the molecule is CCCCCCCCCCCCCC(=O)c1ccccc1C(C)=O. The lowest BCUT2D eigenvalue weighted by molar-refractivity contribution is 0.0959. The van der Waals surface area contributed by atoms with Crippen LogP contribution in [-0.2, 0) is 0 Å². The van der Waals surface area contributed by atoms with Crippen molar-refractivity contribution in [3.05, 3.63) is 35.4 Å². The van der Waals surface area contributed by atoms with Crippen LogP contribution in [0.4, 0.5) is 0 Å². The molecule has 0 spiro atoms. The lowest BCUT2D eigenvalue weighted by atomic mass is 9.97. The summed E-state index contributed by atoms with van der Waals surface area (Å²) in [5.41, 5.74) is 1.16. The predicted octanol–water partition coefficient (Wildman–Crippen LogP) is 6.77. The Morgan fingerprint density at radius 1 is 0.708 bits per heavy atom. The van der Waals surface area contributed by atoms with Gasteiger partial charge in [-0.25, -0.2) is 0 Å². The van der Waals surface area contributed by atoms with Gasteiger partial charge in [-0.15, -0.1) is 0 Å². The highest BCUT2D eigenvalue weighted by Crippen LogP contribution is 2.16. The smallest absolute Gasteiger partial charge is 0.163 e. The number of carbonyl (C=O) groups is 2. The van der Waals surface area contributed by atoms with Gasteiger partial charge in [0.15, 0.2) is 11.6 Å². The summed E-state index contributed by atoms with van der Waals surface area (Å²) in [6.07, 6.45) is 14.6. The standard InChI is InChI=1S/C22H34O2/c1-3-4-5-6-7-8-9-10-11-12-13-18-22(24)21-17-15-14-16-20(21)19(2)23/h14-17H,3-13,18H2,1-2H3. The van der Waals surface area contributed by atoms with Crippen LogP contribution in [-0.4, -0.2) is 11.6 Å². The van der Waals surface area contributed by atoms with Gasteiger partial charge in [-0.3, -0.25) is 9.59 Å². The third-order valence-corrected chi connectivity index (χ3v) is 4.61. The van der Waals surface area contributed by atoms with Gasteiger partial charge in [-0.1, -0.05) is 95.4 Å². The van der Waals surface area contributed by atoms with E-state index in [4.69, 9.17) is 0 Å². The zero-order valence-electron chi connectivity index (χ0n) is 15.6. The van der Waals surface area contributed by atoms with Gasteiger partial charge in [0.1, 0.15) is 0 Å². The number of hydrogen-bond acceptors (Lipinski definition) is 2. The Bertz CT molecular complexity index is 490. The molecule has 0 saturated carbocycles. The van der Waals surface area contributed by atoms with Gasteiger partial charge in [-0.2, -0.15) is 0 Å². The third-order valence-electron chi connectivity index (χ3n) is 4.61. The van der Waals surface area contributed by atoms with Crippen molar-refractivity contribution in [1.82, 2.24) is 0 Å². The van der Waals surface area contributed by atoms with Crippen molar-refractivity contribution < 1.29 is 9.59 Å². The predicted molar refractivity (Wildman–Crippen MR) is 102 cm³/mol. The summed E-state index contributed by atoms with van der Waals surface area (Å²) >= 11 is 0. The zero-order chi connectivity index (χ0) is 17.6. The molecule has 0 N–H and O–H groups in total. The molecule has 0 heterocycles. The van der Waals surface area contributed by atoms with E-state index in [2.05, 4.69) is 6.92 Å². The first-order valence-corrected chi connectivity index (χ1v) is 9.80. The fourth-order valence-electron chi connectivity index (χ4n) is 3.12. The highest BCUT2D eigenvalue weighted by atomic mass is 16.1. The van der Waals surface area contributed by atoms with Gasteiger partial charge >= 0.3 is 0 Å². The molecule has 0 bridgehead atoms. The van der Waals surface area contributed by atoms with E-state index in [-0.39, 0.29) is 11.6 Å². The summed E-state index contributed by atoms with van der Waals surface area (Å²) in [5, 5.41) is 0. The molecule has 0 aliphatic heterocycles. The Morgan fingerprint density at radius 2 is 1.17 bits per heavy atom. The van der Waals surface area contributed by atoms with Gasteiger partial charge in [0, 0.05) is 17.5 Å². The van der Waals surface area contributed by atoms with Crippen LogP contribution < -0.4 is 0 Å². The number of Topliss-reactive ketones (excluding diaryl/α,β-unsaturated/α-hetero) is 2. The summed E-state index contributed by atoms with van der Waals surface area (Å²) < 4.78 is 0. The van der Waals surface area contributed by atoms with E-state index in [0.29, 0.717) is 17.5 Å². The van der Waals surface area contributed by atoms with Crippen LogP contribution >= 0.6 is 0 Å². The average molecular weight is 331 g/mol. The summed E-state index contributed by atoms with van der Waals surface area (Å²) in [6, 6.07) is 7.17. The minimum Gasteiger partial charge on any atom is -0.294 e. The van der Waals surface area contributed by atoms with Crippen LogP contribution in [0.3, 0.4) is 0 Å². The summed E-state index contributed by atoms with van der Waals surface area (Å²) in [7, 11) is 0. The minimum absolute atomic E-state index is 0.0297. The van der Waals surface area contributed by atoms with Gasteiger partial charge < -0.3 is 0 Å². The van der Waals surface area contributed by atoms with E-state index in [1.54, 1.807) is 12.1 Å². The Labute approximate surface area is 148 Å². The van der Waals surface area contributed by atoms with Crippen molar-refractivity contribution in [1.29, 1.82) is 0 Å². The molecule has 2 heteroatoms. The number of benzene rings is 1. The Kier molecular flexibility index (Phi) is 11.1. The maximum Gasteiger partial charge on any atom is 0.163 e.